The van der Waals surface area contributed by atoms with Gasteiger partial charge in [-0.3, -0.25) is 4.79 Å². The van der Waals surface area contributed by atoms with E-state index in [1.54, 1.807) is 6.26 Å². The monoisotopic (exact) mass is 260 g/mol. The molecule has 0 spiro atoms. The van der Waals surface area contributed by atoms with E-state index in [-0.39, 0.29) is 11.5 Å². The number of ketones is 1. The molecule has 0 heterocycles. The van der Waals surface area contributed by atoms with Crippen LogP contribution in [0.25, 0.3) is 0 Å². The minimum absolute atomic E-state index is 0.0317. The molecule has 0 aliphatic rings. The molecule has 1 aromatic rings. The molecule has 1 aromatic carbocycles. The van der Waals surface area contributed by atoms with Gasteiger partial charge >= 0.3 is 5.97 Å². The number of esters is 1. The fourth-order valence-corrected chi connectivity index (χ4v) is 1.68. The minimum Gasteiger partial charge on any atom is -0.460 e. The van der Waals surface area contributed by atoms with E-state index in [0.717, 1.165) is 17.8 Å². The molecule has 1 rings (SSSR count). The van der Waals surface area contributed by atoms with Crippen LogP contribution in [0.1, 0.15) is 17.3 Å². The van der Waals surface area contributed by atoms with Gasteiger partial charge in [-0.1, -0.05) is 0 Å². The van der Waals surface area contributed by atoms with Crippen molar-refractivity contribution < 1.29 is 23.1 Å². The Labute approximate surface area is 101 Å². The first kappa shape index (κ1) is 13.6. The summed E-state index contributed by atoms with van der Waals surface area (Å²) in [5.41, 5.74) is -0.865. The maximum absolute atomic E-state index is 13.7. The molecular formula is C11H10F2O3S. The maximum Gasteiger partial charge on any atom is 0.379 e. The molecule has 0 fully saturated rings. The molecular weight excluding hydrogens is 250 g/mol. The lowest BCUT2D eigenvalue weighted by Gasteiger charge is -2.06. The van der Waals surface area contributed by atoms with Crippen LogP contribution in [0.5, 0.6) is 0 Å². The van der Waals surface area contributed by atoms with Crippen molar-refractivity contribution in [2.45, 2.75) is 11.8 Å². The van der Waals surface area contributed by atoms with Crippen LogP contribution < -0.4 is 0 Å². The third-order valence-corrected chi connectivity index (χ3v) is 2.72. The number of carbonyl (C=O) groups excluding carboxylic acids is 2. The van der Waals surface area contributed by atoms with Gasteiger partial charge in [0.2, 0.25) is 0 Å². The normalized spacial score (nSPS) is 10.1. The first-order valence-corrected chi connectivity index (χ1v) is 5.98. The Morgan fingerprint density at radius 3 is 2.53 bits per heavy atom. The number of Topliss-reactive ketones (excluding diaryl/α,β-unsaturated/α-hetero) is 1. The van der Waals surface area contributed by atoms with E-state index in [2.05, 4.69) is 4.74 Å². The Morgan fingerprint density at radius 1 is 1.35 bits per heavy atom. The third-order valence-electron chi connectivity index (χ3n) is 1.96. The van der Waals surface area contributed by atoms with Gasteiger partial charge in [-0.25, -0.2) is 13.6 Å². The smallest absolute Gasteiger partial charge is 0.379 e. The number of halogens is 2. The number of benzene rings is 1. The van der Waals surface area contributed by atoms with Crippen molar-refractivity contribution in [2.75, 3.05) is 12.9 Å². The molecule has 6 heteroatoms. The van der Waals surface area contributed by atoms with Crippen LogP contribution in [0.2, 0.25) is 0 Å². The van der Waals surface area contributed by atoms with Crippen molar-refractivity contribution in [3.63, 3.8) is 0 Å². The van der Waals surface area contributed by atoms with Crippen molar-refractivity contribution in [1.29, 1.82) is 0 Å². The van der Waals surface area contributed by atoms with Gasteiger partial charge in [0, 0.05) is 4.90 Å². The summed E-state index contributed by atoms with van der Waals surface area (Å²) in [6, 6.07) is 2.15. The second-order valence-corrected chi connectivity index (χ2v) is 3.84. The molecule has 0 aliphatic heterocycles. The van der Waals surface area contributed by atoms with Crippen LogP contribution in [0.15, 0.2) is 17.0 Å². The van der Waals surface area contributed by atoms with E-state index in [1.165, 1.54) is 13.0 Å². The predicted molar refractivity (Wildman–Crippen MR) is 59.1 cm³/mol. The highest BCUT2D eigenvalue weighted by Gasteiger charge is 2.26. The average Bonchev–Trinajstić information content (AvgIpc) is 2.29. The number of hydrogen-bond donors (Lipinski definition) is 0. The van der Waals surface area contributed by atoms with Gasteiger partial charge in [0.15, 0.2) is 5.82 Å². The Morgan fingerprint density at radius 2 is 2.00 bits per heavy atom. The van der Waals surface area contributed by atoms with E-state index in [1.807, 2.05) is 0 Å². The van der Waals surface area contributed by atoms with Crippen molar-refractivity contribution in [1.82, 2.24) is 0 Å². The van der Waals surface area contributed by atoms with E-state index in [4.69, 9.17) is 0 Å². The molecule has 92 valence electrons. The van der Waals surface area contributed by atoms with E-state index in [0.29, 0.717) is 0 Å². The first-order chi connectivity index (χ1) is 8.02. The average molecular weight is 260 g/mol. The van der Waals surface area contributed by atoms with Crippen LogP contribution in [0, 0.1) is 11.6 Å². The number of carbonyl (C=O) groups is 2. The lowest BCUT2D eigenvalue weighted by atomic mass is 10.1. The number of hydrogen-bond acceptors (Lipinski definition) is 4. The van der Waals surface area contributed by atoms with Crippen molar-refractivity contribution in [2.24, 2.45) is 0 Å². The second kappa shape index (κ2) is 5.77. The molecule has 3 nitrogen and oxygen atoms in total. The number of thioether (sulfide) groups is 1. The number of rotatable bonds is 4. The first-order valence-electron chi connectivity index (χ1n) is 4.76. The fourth-order valence-electron chi connectivity index (χ4n) is 1.20. The standard InChI is InChI=1S/C11H10F2O3S/c1-3-16-11(15)10(14)8-6(12)4-5-7(17-2)9(8)13/h4-5H,3H2,1-2H3. The highest BCUT2D eigenvalue weighted by atomic mass is 32.2. The van der Waals surface area contributed by atoms with Crippen LogP contribution in [0.4, 0.5) is 8.78 Å². The summed E-state index contributed by atoms with van der Waals surface area (Å²) in [5, 5.41) is 0. The Hall–Kier alpha value is -1.43. The summed E-state index contributed by atoms with van der Waals surface area (Å²) < 4.78 is 31.4. The van der Waals surface area contributed by atoms with Gasteiger partial charge in [0.1, 0.15) is 11.4 Å². The molecule has 0 unspecified atom stereocenters. The Balaban J connectivity index is 3.21. The molecule has 0 amide bonds. The van der Waals surface area contributed by atoms with Gasteiger partial charge in [-0.05, 0) is 25.3 Å². The van der Waals surface area contributed by atoms with E-state index < -0.39 is 29.0 Å². The highest BCUT2D eigenvalue weighted by molar-refractivity contribution is 7.98. The van der Waals surface area contributed by atoms with Crippen LogP contribution in [-0.4, -0.2) is 24.6 Å². The zero-order valence-electron chi connectivity index (χ0n) is 9.25. The molecule has 17 heavy (non-hydrogen) atoms. The lowest BCUT2D eigenvalue weighted by Crippen LogP contribution is -2.20. The molecule has 0 radical (unpaired) electrons. The highest BCUT2D eigenvalue weighted by Crippen LogP contribution is 2.24. The van der Waals surface area contributed by atoms with Gasteiger partial charge in [-0.2, -0.15) is 0 Å². The summed E-state index contributed by atoms with van der Waals surface area (Å²) in [5.74, 6) is -4.67. The van der Waals surface area contributed by atoms with Gasteiger partial charge in [0.25, 0.3) is 5.78 Å². The molecule has 0 bridgehead atoms. The van der Waals surface area contributed by atoms with Crippen molar-refractivity contribution >= 4 is 23.5 Å². The predicted octanol–water partition coefficient (Wildman–Crippen LogP) is 2.43. The Kier molecular flexibility index (Phi) is 4.62. The maximum atomic E-state index is 13.7. The van der Waals surface area contributed by atoms with Gasteiger partial charge < -0.3 is 4.74 Å². The summed E-state index contributed by atoms with van der Waals surface area (Å²) in [4.78, 5) is 22.7. The SMILES string of the molecule is CCOC(=O)C(=O)c1c(F)ccc(SC)c1F. The molecule has 0 saturated carbocycles. The molecule has 0 N–H and O–H groups in total. The van der Waals surface area contributed by atoms with Crippen molar-refractivity contribution in [3.8, 4) is 0 Å². The van der Waals surface area contributed by atoms with Crippen molar-refractivity contribution in [3.05, 3.63) is 29.3 Å². The summed E-state index contributed by atoms with van der Waals surface area (Å²) in [6.07, 6.45) is 1.58. The molecule has 0 atom stereocenters. The zero-order valence-corrected chi connectivity index (χ0v) is 10.1. The van der Waals surface area contributed by atoms with Crippen LogP contribution in [-0.2, 0) is 9.53 Å². The minimum atomic E-state index is -1.31. The topological polar surface area (TPSA) is 43.4 Å². The van der Waals surface area contributed by atoms with Crippen LogP contribution in [0.3, 0.4) is 0 Å². The summed E-state index contributed by atoms with van der Waals surface area (Å²) in [7, 11) is 0. The van der Waals surface area contributed by atoms with Gasteiger partial charge in [0.05, 0.1) is 6.61 Å². The van der Waals surface area contributed by atoms with E-state index >= 15 is 0 Å². The largest absolute Gasteiger partial charge is 0.460 e. The summed E-state index contributed by atoms with van der Waals surface area (Å²) in [6.45, 7) is 1.46. The zero-order chi connectivity index (χ0) is 13.0. The lowest BCUT2D eigenvalue weighted by molar-refractivity contribution is -0.137. The number of ether oxygens (including phenoxy) is 1. The summed E-state index contributed by atoms with van der Waals surface area (Å²) >= 11 is 1.01. The molecule has 0 saturated heterocycles. The molecule has 0 aliphatic carbocycles. The van der Waals surface area contributed by atoms with Gasteiger partial charge in [-0.15, -0.1) is 11.8 Å². The van der Waals surface area contributed by atoms with E-state index in [9.17, 15) is 18.4 Å². The molecule has 0 aromatic heterocycles. The Bertz CT molecular complexity index is 460. The third kappa shape index (κ3) is 2.82. The second-order valence-electron chi connectivity index (χ2n) is 2.99. The quantitative estimate of drug-likeness (QED) is 0.361. The fraction of sp³-hybridized carbons (Fsp3) is 0.273. The van der Waals surface area contributed by atoms with Crippen LogP contribution >= 0.6 is 11.8 Å².